The van der Waals surface area contributed by atoms with Gasteiger partial charge in [-0.05, 0) is 49.9 Å². The van der Waals surface area contributed by atoms with Gasteiger partial charge in [-0.1, -0.05) is 30.4 Å². The normalized spacial score (nSPS) is 14.3. The average Bonchev–Trinajstić information content (AvgIpc) is 2.94. The maximum Gasteiger partial charge on any atom is 0.453 e. The van der Waals surface area contributed by atoms with Gasteiger partial charge in [-0.3, -0.25) is 0 Å². The molecule has 7 nitrogen and oxygen atoms in total. The van der Waals surface area contributed by atoms with E-state index < -0.39 is 36.1 Å². The number of unbranched alkanes of at least 4 members (excludes halogenated alkanes) is 5. The molecule has 0 fully saturated rings. The molecule has 1 atom stereocenters. The number of rotatable bonds is 18. The van der Waals surface area contributed by atoms with Crippen molar-refractivity contribution in [1.82, 2.24) is 0 Å². The van der Waals surface area contributed by atoms with E-state index in [4.69, 9.17) is 18.9 Å². The average molecular weight is 637 g/mol. The number of alkyl halides is 5. The number of aromatic hydroxyl groups is 2. The first-order chi connectivity index (χ1) is 20.4. The van der Waals surface area contributed by atoms with Crippen molar-refractivity contribution in [3.05, 3.63) is 47.5 Å². The predicted molar refractivity (Wildman–Crippen MR) is 153 cm³/mol. The Bertz CT molecular complexity index is 1210. The van der Waals surface area contributed by atoms with Crippen molar-refractivity contribution in [3.8, 4) is 23.0 Å². The molecule has 240 valence electrons. The van der Waals surface area contributed by atoms with Gasteiger partial charge in [0.1, 0.15) is 46.9 Å². The van der Waals surface area contributed by atoms with Crippen molar-refractivity contribution in [2.24, 2.45) is 0 Å². The van der Waals surface area contributed by atoms with Crippen molar-refractivity contribution in [1.29, 1.82) is 0 Å². The van der Waals surface area contributed by atoms with Crippen LogP contribution in [0.2, 0.25) is 0 Å². The number of fused-ring (bicyclic) bond motifs is 1. The molecule has 1 aliphatic rings. The van der Waals surface area contributed by atoms with E-state index in [0.29, 0.717) is 47.0 Å². The Morgan fingerprint density at radius 2 is 1.47 bits per heavy atom. The molecule has 3 rings (SSSR count). The number of phenolic OH excluding ortho intramolecular Hbond substituents is 2. The van der Waals surface area contributed by atoms with Gasteiger partial charge in [0, 0.05) is 36.8 Å². The summed E-state index contributed by atoms with van der Waals surface area (Å²) in [5.74, 6) is -3.11. The molecule has 0 bridgehead atoms. The van der Waals surface area contributed by atoms with Crippen molar-refractivity contribution < 1.29 is 55.7 Å². The van der Waals surface area contributed by atoms with Crippen LogP contribution in [0.15, 0.2) is 36.4 Å². The van der Waals surface area contributed by atoms with Gasteiger partial charge >= 0.3 is 12.1 Å². The van der Waals surface area contributed by atoms with Crippen LogP contribution in [0.1, 0.15) is 62.5 Å². The van der Waals surface area contributed by atoms with E-state index in [-0.39, 0.29) is 36.4 Å². The van der Waals surface area contributed by atoms with E-state index in [1.165, 1.54) is 25.3 Å². The first-order valence-corrected chi connectivity index (χ1v) is 15.5. The minimum Gasteiger partial charge on any atom is -0.616 e. The second-order valence-corrected chi connectivity index (χ2v) is 11.8. The Kier molecular flexibility index (Phi) is 13.1. The summed E-state index contributed by atoms with van der Waals surface area (Å²) < 4.78 is 97.3. The van der Waals surface area contributed by atoms with Gasteiger partial charge in [-0.25, -0.2) is 0 Å². The van der Waals surface area contributed by atoms with Crippen molar-refractivity contribution in [2.45, 2.75) is 63.5 Å². The monoisotopic (exact) mass is 636 g/mol. The summed E-state index contributed by atoms with van der Waals surface area (Å²) in [6.45, 7) is 0.520. The third kappa shape index (κ3) is 10.4. The van der Waals surface area contributed by atoms with Gasteiger partial charge in [0.2, 0.25) is 0 Å². The van der Waals surface area contributed by atoms with Gasteiger partial charge in [-0.2, -0.15) is 22.0 Å². The van der Waals surface area contributed by atoms with Crippen LogP contribution in [0, 0.1) is 0 Å². The number of methoxy groups -OCH3 is 1. The first kappa shape index (κ1) is 34.6. The molecule has 2 aromatic rings. The fraction of sp³-hybridized carbons (Fsp3) is 0.533. The molecule has 1 aliphatic heterocycles. The zero-order chi connectivity index (χ0) is 31.5. The lowest BCUT2D eigenvalue weighted by atomic mass is 9.97. The first-order valence-electron chi connectivity index (χ1n) is 14.0. The Morgan fingerprint density at radius 3 is 2.16 bits per heavy atom. The Labute approximate surface area is 250 Å². The van der Waals surface area contributed by atoms with Crippen molar-refractivity contribution >= 4 is 22.5 Å². The summed E-state index contributed by atoms with van der Waals surface area (Å²) >= 11 is -1.42. The van der Waals surface area contributed by atoms with E-state index in [1.54, 1.807) is 18.2 Å². The molecule has 13 heteroatoms. The van der Waals surface area contributed by atoms with E-state index in [9.17, 15) is 36.7 Å². The molecule has 2 aromatic carbocycles. The number of benzene rings is 2. The summed E-state index contributed by atoms with van der Waals surface area (Å²) in [6.07, 6.45) is -2.62. The molecule has 0 amide bonds. The summed E-state index contributed by atoms with van der Waals surface area (Å²) in [5, 5.41) is 19.9. The van der Waals surface area contributed by atoms with Gasteiger partial charge < -0.3 is 33.7 Å². The standard InChI is InChI=1S/C30H37F5O7S/c1-39-20-42-26-17-21(36)9-11-23(26)25-19-41-27-18-22(37)10-12-24(27)28(25)40-14-6-4-2-3-5-7-15-43(38)16-8-13-29(31,32)30(33,34)35/h9-12,17-18,36-37H,2-8,13-16,19-20H2,1H3. The molecule has 0 aliphatic carbocycles. The van der Waals surface area contributed by atoms with E-state index >= 15 is 0 Å². The largest absolute Gasteiger partial charge is 0.616 e. The zero-order valence-electron chi connectivity index (χ0n) is 23.9. The molecule has 2 N–H and O–H groups in total. The number of phenols is 2. The van der Waals surface area contributed by atoms with Crippen LogP contribution < -0.4 is 9.47 Å². The van der Waals surface area contributed by atoms with E-state index in [0.717, 1.165) is 32.1 Å². The highest BCUT2D eigenvalue weighted by Gasteiger charge is 2.56. The molecule has 1 unspecified atom stereocenters. The molecule has 0 saturated heterocycles. The zero-order valence-corrected chi connectivity index (χ0v) is 24.7. The number of halogens is 5. The number of hydrogen-bond donors (Lipinski definition) is 2. The Morgan fingerprint density at radius 1 is 0.837 bits per heavy atom. The number of ether oxygens (including phenoxy) is 4. The summed E-state index contributed by atoms with van der Waals surface area (Å²) in [4.78, 5) is 0. The summed E-state index contributed by atoms with van der Waals surface area (Å²) in [5.41, 5.74) is 2.04. The van der Waals surface area contributed by atoms with Crippen molar-refractivity contribution in [2.75, 3.05) is 38.6 Å². The van der Waals surface area contributed by atoms with Gasteiger partial charge in [-0.15, -0.1) is 0 Å². The lowest BCUT2D eigenvalue weighted by Gasteiger charge is -2.25. The van der Waals surface area contributed by atoms with Crippen molar-refractivity contribution in [3.63, 3.8) is 0 Å². The fourth-order valence-corrected chi connectivity index (χ4v) is 5.71. The predicted octanol–water partition coefficient (Wildman–Crippen LogP) is 7.42. The smallest absolute Gasteiger partial charge is 0.453 e. The highest BCUT2D eigenvalue weighted by Crippen LogP contribution is 2.42. The molecule has 0 spiro atoms. The molecular weight excluding hydrogens is 599 g/mol. The third-order valence-electron chi connectivity index (χ3n) is 6.77. The molecule has 0 radical (unpaired) electrons. The van der Waals surface area contributed by atoms with Crippen LogP contribution in [0.25, 0.3) is 11.3 Å². The second-order valence-electron chi connectivity index (χ2n) is 10.1. The van der Waals surface area contributed by atoms with Gasteiger partial charge in [0.15, 0.2) is 6.79 Å². The highest BCUT2D eigenvalue weighted by molar-refractivity contribution is 7.91. The summed E-state index contributed by atoms with van der Waals surface area (Å²) in [7, 11) is 1.49. The highest BCUT2D eigenvalue weighted by atomic mass is 32.2. The maximum atomic E-state index is 12.9. The molecule has 1 heterocycles. The van der Waals surface area contributed by atoms with E-state index in [2.05, 4.69) is 0 Å². The fourth-order valence-electron chi connectivity index (χ4n) is 4.51. The van der Waals surface area contributed by atoms with Crippen LogP contribution in [0.4, 0.5) is 22.0 Å². The minimum atomic E-state index is -5.58. The molecule has 43 heavy (non-hydrogen) atoms. The van der Waals surface area contributed by atoms with Gasteiger partial charge in [0.25, 0.3) is 0 Å². The topological polar surface area (TPSA) is 100 Å². The van der Waals surface area contributed by atoms with Crippen LogP contribution in [-0.2, 0) is 20.6 Å². The lowest BCUT2D eigenvalue weighted by Crippen LogP contribution is -2.36. The quantitative estimate of drug-likeness (QED) is 0.0760. The van der Waals surface area contributed by atoms with Crippen LogP contribution in [0.3, 0.4) is 0 Å². The van der Waals surface area contributed by atoms with E-state index in [1.807, 2.05) is 0 Å². The maximum absolute atomic E-state index is 12.9. The van der Waals surface area contributed by atoms with Crippen LogP contribution in [0.5, 0.6) is 23.0 Å². The minimum absolute atomic E-state index is 0.0248. The van der Waals surface area contributed by atoms with Crippen LogP contribution in [-0.4, -0.2) is 65.5 Å². The van der Waals surface area contributed by atoms with Gasteiger partial charge in [0.05, 0.1) is 12.2 Å². The van der Waals surface area contributed by atoms with Crippen LogP contribution >= 0.6 is 0 Å². The molecular formula is C30H37F5O7S. The molecule has 0 saturated carbocycles. The lowest BCUT2D eigenvalue weighted by molar-refractivity contribution is -0.284. The third-order valence-corrected chi connectivity index (χ3v) is 8.26. The summed E-state index contributed by atoms with van der Waals surface area (Å²) in [6, 6.07) is 9.48. The Balaban J connectivity index is 1.47. The SMILES string of the molecule is COCOc1cc(O)ccc1C1=C(OCCCCCCCC[S+]([O-])CCCC(F)(F)C(F)(F)F)c2ccc(O)cc2OC1. The number of hydrogen-bond acceptors (Lipinski definition) is 7. The second kappa shape index (κ2) is 16.2. The Hall–Kier alpha value is -2.90. The molecule has 0 aromatic heterocycles.